The van der Waals surface area contributed by atoms with E-state index < -0.39 is 5.97 Å². The van der Waals surface area contributed by atoms with E-state index in [2.05, 4.69) is 5.32 Å². The average Bonchev–Trinajstić information content (AvgIpc) is 2.95. The van der Waals surface area contributed by atoms with Crippen molar-refractivity contribution in [3.05, 3.63) is 29.8 Å². The van der Waals surface area contributed by atoms with Crippen LogP contribution >= 0.6 is 11.8 Å². The van der Waals surface area contributed by atoms with Crippen LogP contribution in [0.1, 0.15) is 18.9 Å². The molecular formula is C17H22N2O4S. The number of carbonyl (C=O) groups is 3. The summed E-state index contributed by atoms with van der Waals surface area (Å²) in [5.41, 5.74) is 1.98. The number of hydrogen-bond donors (Lipinski definition) is 2. The summed E-state index contributed by atoms with van der Waals surface area (Å²) in [5.74, 6) is -0.822. The molecule has 0 radical (unpaired) electrons. The van der Waals surface area contributed by atoms with Crippen molar-refractivity contribution in [2.24, 2.45) is 5.92 Å². The van der Waals surface area contributed by atoms with Gasteiger partial charge in [-0.2, -0.15) is 0 Å². The second-order valence-electron chi connectivity index (χ2n) is 5.63. The third kappa shape index (κ3) is 4.74. The van der Waals surface area contributed by atoms with Gasteiger partial charge in [-0.05, 0) is 18.1 Å². The van der Waals surface area contributed by atoms with Crippen molar-refractivity contribution < 1.29 is 19.5 Å². The predicted octanol–water partition coefficient (Wildman–Crippen LogP) is 1.54. The molecule has 1 aromatic carbocycles. The zero-order chi connectivity index (χ0) is 17.5. The fraction of sp³-hybridized carbons (Fsp3) is 0.471. The fourth-order valence-corrected chi connectivity index (χ4v) is 3.30. The van der Waals surface area contributed by atoms with Crippen molar-refractivity contribution in [2.75, 3.05) is 29.5 Å². The fourth-order valence-electron chi connectivity index (χ4n) is 2.74. The van der Waals surface area contributed by atoms with E-state index in [9.17, 15) is 14.4 Å². The highest BCUT2D eigenvalue weighted by atomic mass is 32.2. The van der Waals surface area contributed by atoms with E-state index in [1.54, 1.807) is 4.90 Å². The number of benzene rings is 1. The molecule has 0 aromatic heterocycles. The SMILES string of the molecule is CCc1ccccc1N1CC(C(=O)NCCSCC(=O)O)CC1=O. The van der Waals surface area contributed by atoms with Gasteiger partial charge in [0.1, 0.15) is 0 Å². The van der Waals surface area contributed by atoms with Crippen LogP contribution < -0.4 is 10.2 Å². The van der Waals surface area contributed by atoms with Crippen molar-refractivity contribution in [3.63, 3.8) is 0 Å². The molecule has 130 valence electrons. The van der Waals surface area contributed by atoms with Crippen LogP contribution in [0.3, 0.4) is 0 Å². The lowest BCUT2D eigenvalue weighted by atomic mass is 10.1. The number of thioether (sulfide) groups is 1. The molecule has 1 aliphatic heterocycles. The second-order valence-corrected chi connectivity index (χ2v) is 6.73. The molecular weight excluding hydrogens is 328 g/mol. The Labute approximate surface area is 145 Å². The Morgan fingerprint density at radius 2 is 2.12 bits per heavy atom. The van der Waals surface area contributed by atoms with Crippen LogP contribution in [0.15, 0.2) is 24.3 Å². The van der Waals surface area contributed by atoms with Crippen LogP contribution in [0.25, 0.3) is 0 Å². The smallest absolute Gasteiger partial charge is 0.313 e. The van der Waals surface area contributed by atoms with Crippen molar-refractivity contribution in [2.45, 2.75) is 19.8 Å². The number of carboxylic acids is 1. The molecule has 0 saturated carbocycles. The van der Waals surface area contributed by atoms with Crippen molar-refractivity contribution in [1.29, 1.82) is 0 Å². The molecule has 24 heavy (non-hydrogen) atoms. The molecule has 2 N–H and O–H groups in total. The van der Waals surface area contributed by atoms with Gasteiger partial charge in [0.2, 0.25) is 11.8 Å². The molecule has 1 saturated heterocycles. The maximum absolute atomic E-state index is 12.3. The van der Waals surface area contributed by atoms with Crippen LogP contribution in [-0.2, 0) is 20.8 Å². The normalized spacial score (nSPS) is 17.1. The molecule has 7 heteroatoms. The number of nitrogens with one attached hydrogen (secondary N) is 1. The van der Waals surface area contributed by atoms with Gasteiger partial charge in [0.15, 0.2) is 0 Å². The Kier molecular flexibility index (Phi) is 6.66. The minimum absolute atomic E-state index is 0.0271. The average molecular weight is 350 g/mol. The topological polar surface area (TPSA) is 86.7 Å². The molecule has 6 nitrogen and oxygen atoms in total. The van der Waals surface area contributed by atoms with Gasteiger partial charge in [-0.3, -0.25) is 14.4 Å². The summed E-state index contributed by atoms with van der Waals surface area (Å²) < 4.78 is 0. The maximum Gasteiger partial charge on any atom is 0.313 e. The molecule has 2 rings (SSSR count). The summed E-state index contributed by atoms with van der Waals surface area (Å²) in [4.78, 5) is 36.6. The molecule has 0 spiro atoms. The van der Waals surface area contributed by atoms with Gasteiger partial charge in [-0.25, -0.2) is 0 Å². The number of nitrogens with zero attached hydrogens (tertiary/aromatic N) is 1. The van der Waals surface area contributed by atoms with Gasteiger partial charge in [0.25, 0.3) is 0 Å². The lowest BCUT2D eigenvalue weighted by Crippen LogP contribution is -2.34. The lowest BCUT2D eigenvalue weighted by Gasteiger charge is -2.19. The molecule has 1 unspecified atom stereocenters. The molecule has 1 aliphatic rings. The Hall–Kier alpha value is -2.02. The molecule has 1 atom stereocenters. The van der Waals surface area contributed by atoms with Crippen LogP contribution in [0.2, 0.25) is 0 Å². The minimum atomic E-state index is -0.863. The third-order valence-corrected chi connectivity index (χ3v) is 4.87. The van der Waals surface area contributed by atoms with Gasteiger partial charge >= 0.3 is 5.97 Å². The standard InChI is InChI=1S/C17H22N2O4S/c1-2-12-5-3-4-6-14(12)19-10-13(9-15(19)20)17(23)18-7-8-24-11-16(21)22/h3-6,13H,2,7-11H2,1H3,(H,18,23)(H,21,22). The summed E-state index contributed by atoms with van der Waals surface area (Å²) in [6.45, 7) is 2.84. The molecule has 0 aliphatic carbocycles. The zero-order valence-corrected chi connectivity index (χ0v) is 14.5. The lowest BCUT2D eigenvalue weighted by molar-refractivity contribution is -0.134. The Morgan fingerprint density at radius 3 is 2.83 bits per heavy atom. The van der Waals surface area contributed by atoms with E-state index in [1.807, 2.05) is 31.2 Å². The minimum Gasteiger partial charge on any atom is -0.481 e. The maximum atomic E-state index is 12.3. The van der Waals surface area contributed by atoms with Crippen LogP contribution in [0.5, 0.6) is 0 Å². The summed E-state index contributed by atoms with van der Waals surface area (Å²) >= 11 is 1.26. The summed E-state index contributed by atoms with van der Waals surface area (Å²) in [5, 5.41) is 11.3. The van der Waals surface area contributed by atoms with E-state index in [0.717, 1.165) is 17.7 Å². The Morgan fingerprint density at radius 1 is 1.38 bits per heavy atom. The number of para-hydroxylation sites is 1. The molecule has 0 bridgehead atoms. The number of rotatable bonds is 8. The quantitative estimate of drug-likeness (QED) is 0.695. The number of carbonyl (C=O) groups excluding carboxylic acids is 2. The van der Waals surface area contributed by atoms with Gasteiger partial charge in [-0.15, -0.1) is 11.8 Å². The first-order chi connectivity index (χ1) is 11.5. The number of aliphatic carboxylic acids is 1. The largest absolute Gasteiger partial charge is 0.481 e. The highest BCUT2D eigenvalue weighted by molar-refractivity contribution is 7.99. The zero-order valence-electron chi connectivity index (χ0n) is 13.7. The predicted molar refractivity (Wildman–Crippen MR) is 94.3 cm³/mol. The first-order valence-electron chi connectivity index (χ1n) is 7.98. The van der Waals surface area contributed by atoms with Gasteiger partial charge in [0.05, 0.1) is 11.7 Å². The molecule has 1 fully saturated rings. The monoisotopic (exact) mass is 350 g/mol. The van der Waals surface area contributed by atoms with E-state index in [1.165, 1.54) is 11.8 Å². The van der Waals surface area contributed by atoms with Gasteiger partial charge in [0, 0.05) is 31.0 Å². The first-order valence-corrected chi connectivity index (χ1v) is 9.14. The molecule has 1 heterocycles. The van der Waals surface area contributed by atoms with Crippen molar-refractivity contribution in [3.8, 4) is 0 Å². The highest BCUT2D eigenvalue weighted by Crippen LogP contribution is 2.28. The number of amides is 2. The third-order valence-electron chi connectivity index (χ3n) is 3.93. The Balaban J connectivity index is 1.87. The number of anilines is 1. The molecule has 1 aromatic rings. The summed E-state index contributed by atoms with van der Waals surface area (Å²) in [6, 6.07) is 7.76. The van der Waals surface area contributed by atoms with E-state index in [0.29, 0.717) is 18.8 Å². The summed E-state index contributed by atoms with van der Waals surface area (Å²) in [6.07, 6.45) is 1.05. The van der Waals surface area contributed by atoms with E-state index in [-0.39, 0.29) is 29.9 Å². The van der Waals surface area contributed by atoms with Crippen molar-refractivity contribution >= 4 is 35.2 Å². The number of aryl methyl sites for hydroxylation is 1. The molecule has 2 amide bonds. The summed E-state index contributed by atoms with van der Waals surface area (Å²) in [7, 11) is 0. The van der Waals surface area contributed by atoms with Crippen molar-refractivity contribution in [1.82, 2.24) is 5.32 Å². The van der Waals surface area contributed by atoms with Crippen LogP contribution in [-0.4, -0.2) is 47.5 Å². The van der Waals surface area contributed by atoms with E-state index in [4.69, 9.17) is 5.11 Å². The van der Waals surface area contributed by atoms with Crippen LogP contribution in [0, 0.1) is 5.92 Å². The number of carboxylic acid groups (broad SMARTS) is 1. The Bertz CT molecular complexity index is 620. The highest BCUT2D eigenvalue weighted by Gasteiger charge is 2.35. The van der Waals surface area contributed by atoms with Gasteiger partial charge < -0.3 is 15.3 Å². The van der Waals surface area contributed by atoms with Crippen LogP contribution in [0.4, 0.5) is 5.69 Å². The second kappa shape index (κ2) is 8.73. The first kappa shape index (κ1) is 18.3. The van der Waals surface area contributed by atoms with E-state index >= 15 is 0 Å². The van der Waals surface area contributed by atoms with Gasteiger partial charge in [-0.1, -0.05) is 25.1 Å². The number of hydrogen-bond acceptors (Lipinski definition) is 4.